The Hall–Kier alpha value is -1.75. The summed E-state index contributed by atoms with van der Waals surface area (Å²) in [6.07, 6.45) is 3.04. The van der Waals surface area contributed by atoms with Gasteiger partial charge in [-0.25, -0.2) is 0 Å². The maximum absolute atomic E-state index is 11.1. The summed E-state index contributed by atoms with van der Waals surface area (Å²) < 4.78 is 11.4. The Kier molecular flexibility index (Phi) is 3.78. The van der Waals surface area contributed by atoms with Crippen LogP contribution in [0.15, 0.2) is 18.2 Å². The molecule has 1 atom stereocenters. The molecule has 2 aliphatic rings. The van der Waals surface area contributed by atoms with E-state index in [1.165, 1.54) is 5.56 Å². The van der Waals surface area contributed by atoms with E-state index in [1.807, 2.05) is 12.1 Å². The third kappa shape index (κ3) is 2.72. The average molecular weight is 276 g/mol. The molecule has 5 nitrogen and oxygen atoms in total. The van der Waals surface area contributed by atoms with Crippen LogP contribution in [0.2, 0.25) is 0 Å². The summed E-state index contributed by atoms with van der Waals surface area (Å²) in [5, 5.41) is 0. The first kappa shape index (κ1) is 13.2. The van der Waals surface area contributed by atoms with Gasteiger partial charge in [-0.2, -0.15) is 0 Å². The minimum atomic E-state index is -0.272. The number of nitrogens with two attached hydrogens (primary N) is 1. The molecule has 108 valence electrons. The first-order chi connectivity index (χ1) is 9.74. The topological polar surface area (TPSA) is 64.8 Å². The van der Waals surface area contributed by atoms with Gasteiger partial charge >= 0.3 is 0 Å². The smallest absolute Gasteiger partial charge is 0.231 e. The molecule has 0 spiro atoms. The number of hydrogen-bond donors (Lipinski definition) is 1. The molecule has 2 heterocycles. The van der Waals surface area contributed by atoms with Crippen LogP contribution >= 0.6 is 0 Å². The molecule has 1 saturated heterocycles. The van der Waals surface area contributed by atoms with Crippen molar-refractivity contribution < 1.29 is 14.3 Å². The zero-order valence-corrected chi connectivity index (χ0v) is 11.5. The fourth-order valence-electron chi connectivity index (χ4n) is 2.98. The van der Waals surface area contributed by atoms with Gasteiger partial charge in [-0.05, 0) is 37.1 Å². The Labute approximate surface area is 118 Å². The number of likely N-dealkylation sites (tertiary alicyclic amines) is 1. The predicted octanol–water partition coefficient (Wildman–Crippen LogP) is 1.47. The zero-order valence-electron chi connectivity index (χ0n) is 11.5. The lowest BCUT2D eigenvalue weighted by Crippen LogP contribution is -2.33. The molecule has 1 amide bonds. The van der Waals surface area contributed by atoms with Gasteiger partial charge in [0.25, 0.3) is 0 Å². The summed E-state index contributed by atoms with van der Waals surface area (Å²) >= 11 is 0. The Morgan fingerprint density at radius 2 is 2.05 bits per heavy atom. The van der Waals surface area contributed by atoms with Crippen LogP contribution in [0.3, 0.4) is 0 Å². The van der Waals surface area contributed by atoms with Crippen molar-refractivity contribution in [2.75, 3.05) is 26.3 Å². The van der Waals surface area contributed by atoms with Gasteiger partial charge in [-0.1, -0.05) is 6.07 Å². The molecule has 0 bridgehead atoms. The lowest BCUT2D eigenvalue weighted by Gasteiger charge is -2.24. The van der Waals surface area contributed by atoms with Crippen LogP contribution in [0.4, 0.5) is 0 Å². The van der Waals surface area contributed by atoms with Gasteiger partial charge in [0, 0.05) is 12.5 Å². The Bertz CT molecular complexity index is 504. The second-order valence-corrected chi connectivity index (χ2v) is 5.35. The number of amides is 1. The molecule has 20 heavy (non-hydrogen) atoms. The Morgan fingerprint density at radius 1 is 1.25 bits per heavy atom. The summed E-state index contributed by atoms with van der Waals surface area (Å²) in [6.45, 7) is 2.62. The van der Waals surface area contributed by atoms with Crippen LogP contribution in [0, 0.1) is 0 Å². The van der Waals surface area contributed by atoms with Gasteiger partial charge in [0.1, 0.15) is 0 Å². The van der Waals surface area contributed by atoms with Crippen molar-refractivity contribution in [3.8, 4) is 11.5 Å². The number of hydrogen-bond acceptors (Lipinski definition) is 4. The molecule has 0 aromatic heterocycles. The van der Waals surface area contributed by atoms with Crippen LogP contribution in [-0.4, -0.2) is 37.1 Å². The van der Waals surface area contributed by atoms with Gasteiger partial charge in [0.2, 0.25) is 5.91 Å². The van der Waals surface area contributed by atoms with E-state index in [0.29, 0.717) is 19.8 Å². The number of benzene rings is 1. The van der Waals surface area contributed by atoms with E-state index in [9.17, 15) is 4.79 Å². The van der Waals surface area contributed by atoms with Crippen LogP contribution in [0.5, 0.6) is 11.5 Å². The highest BCUT2D eigenvalue weighted by atomic mass is 16.5. The molecule has 0 radical (unpaired) electrons. The van der Waals surface area contributed by atoms with E-state index in [4.69, 9.17) is 15.2 Å². The fraction of sp³-hybridized carbons (Fsp3) is 0.533. The quantitative estimate of drug-likeness (QED) is 0.908. The number of ether oxygens (including phenoxy) is 2. The average Bonchev–Trinajstić information content (AvgIpc) is 2.74. The number of rotatable bonds is 3. The Morgan fingerprint density at radius 3 is 2.85 bits per heavy atom. The molecule has 0 unspecified atom stereocenters. The highest BCUT2D eigenvalue weighted by Gasteiger charge is 2.27. The van der Waals surface area contributed by atoms with Gasteiger partial charge in [-0.3, -0.25) is 9.69 Å². The third-order valence-electron chi connectivity index (χ3n) is 3.88. The molecule has 5 heteroatoms. The second kappa shape index (κ2) is 5.71. The molecular formula is C15H20N2O3. The maximum Gasteiger partial charge on any atom is 0.231 e. The molecular weight excluding hydrogens is 256 g/mol. The number of primary amides is 1. The van der Waals surface area contributed by atoms with Crippen molar-refractivity contribution in [1.29, 1.82) is 0 Å². The minimum Gasteiger partial charge on any atom is -0.490 e. The number of nitrogens with zero attached hydrogens (tertiary/aromatic N) is 1. The van der Waals surface area contributed by atoms with E-state index in [1.54, 1.807) is 0 Å². The van der Waals surface area contributed by atoms with Crippen molar-refractivity contribution in [3.63, 3.8) is 0 Å². The maximum atomic E-state index is 11.1. The van der Waals surface area contributed by atoms with Crippen molar-refractivity contribution >= 4 is 5.91 Å². The van der Waals surface area contributed by atoms with Crippen LogP contribution in [0.1, 0.15) is 30.9 Å². The number of fused-ring (bicyclic) bond motifs is 1. The molecule has 1 fully saturated rings. The molecule has 1 aromatic carbocycles. The van der Waals surface area contributed by atoms with E-state index < -0.39 is 0 Å². The lowest BCUT2D eigenvalue weighted by molar-refractivity contribution is -0.119. The van der Waals surface area contributed by atoms with Gasteiger partial charge < -0.3 is 15.2 Å². The molecule has 2 N–H and O–H groups in total. The number of carbonyl (C=O) groups excluding carboxylic acids is 1. The summed E-state index contributed by atoms with van der Waals surface area (Å²) in [4.78, 5) is 13.3. The minimum absolute atomic E-state index is 0.250. The van der Waals surface area contributed by atoms with Crippen LogP contribution in [-0.2, 0) is 4.79 Å². The first-order valence-corrected chi connectivity index (χ1v) is 7.16. The summed E-state index contributed by atoms with van der Waals surface area (Å²) in [7, 11) is 0. The highest BCUT2D eigenvalue weighted by Crippen LogP contribution is 2.37. The van der Waals surface area contributed by atoms with Crippen LogP contribution in [0.25, 0.3) is 0 Å². The van der Waals surface area contributed by atoms with E-state index >= 15 is 0 Å². The van der Waals surface area contributed by atoms with E-state index in [2.05, 4.69) is 11.0 Å². The normalized spacial score (nSPS) is 22.5. The summed E-state index contributed by atoms with van der Waals surface area (Å²) in [5.41, 5.74) is 6.49. The van der Waals surface area contributed by atoms with Crippen molar-refractivity contribution in [1.82, 2.24) is 4.90 Å². The third-order valence-corrected chi connectivity index (χ3v) is 3.88. The lowest BCUT2D eigenvalue weighted by atomic mass is 10.0. The first-order valence-electron chi connectivity index (χ1n) is 7.16. The standard InChI is InChI=1S/C15H20N2O3/c16-15(18)10-17-6-1-3-12(17)11-4-5-13-14(9-11)20-8-2-7-19-13/h4-5,9,12H,1-3,6-8,10H2,(H2,16,18)/t12-/m0/s1. The number of carbonyl (C=O) groups is 1. The summed E-state index contributed by atoms with van der Waals surface area (Å²) in [5.74, 6) is 1.35. The predicted molar refractivity (Wildman–Crippen MR) is 74.8 cm³/mol. The summed E-state index contributed by atoms with van der Waals surface area (Å²) in [6, 6.07) is 6.33. The molecule has 2 aliphatic heterocycles. The zero-order chi connectivity index (χ0) is 13.9. The largest absolute Gasteiger partial charge is 0.490 e. The van der Waals surface area contributed by atoms with Gasteiger partial charge in [-0.15, -0.1) is 0 Å². The SMILES string of the molecule is NC(=O)CN1CCC[C@H]1c1ccc2c(c1)OCCCO2. The molecule has 0 saturated carbocycles. The van der Waals surface area contributed by atoms with E-state index in [0.717, 1.165) is 37.3 Å². The van der Waals surface area contributed by atoms with E-state index in [-0.39, 0.29) is 11.9 Å². The van der Waals surface area contributed by atoms with Crippen molar-refractivity contribution in [2.45, 2.75) is 25.3 Å². The van der Waals surface area contributed by atoms with Crippen molar-refractivity contribution in [2.24, 2.45) is 5.73 Å². The molecule has 0 aliphatic carbocycles. The Balaban J connectivity index is 1.82. The second-order valence-electron chi connectivity index (χ2n) is 5.35. The van der Waals surface area contributed by atoms with Gasteiger partial charge in [0.05, 0.1) is 19.8 Å². The highest BCUT2D eigenvalue weighted by molar-refractivity contribution is 5.76. The van der Waals surface area contributed by atoms with Crippen LogP contribution < -0.4 is 15.2 Å². The molecule has 3 rings (SSSR count). The monoisotopic (exact) mass is 276 g/mol. The molecule has 1 aromatic rings. The van der Waals surface area contributed by atoms with Gasteiger partial charge in [0.15, 0.2) is 11.5 Å². The van der Waals surface area contributed by atoms with Crippen molar-refractivity contribution in [3.05, 3.63) is 23.8 Å². The fourth-order valence-corrected chi connectivity index (χ4v) is 2.98.